The summed E-state index contributed by atoms with van der Waals surface area (Å²) in [7, 11) is 0. The van der Waals surface area contributed by atoms with E-state index in [-0.39, 0.29) is 0 Å². The Hall–Kier alpha value is -0.380. The molecule has 0 aliphatic carbocycles. The molecule has 2 atom stereocenters. The second-order valence-electron chi connectivity index (χ2n) is 4.82. The van der Waals surface area contributed by atoms with E-state index in [0.29, 0.717) is 0 Å². The Morgan fingerprint density at radius 3 is 2.80 bits per heavy atom. The number of nitrogens with one attached hydrogen (secondary N) is 1. The Morgan fingerprint density at radius 1 is 1.33 bits per heavy atom. The molecule has 2 aliphatic rings. The van der Waals surface area contributed by atoms with Crippen LogP contribution in [0.3, 0.4) is 0 Å². The number of nitrogens with zero attached hydrogens (tertiary/aromatic N) is 1. The average molecular weight is 222 g/mol. The minimum Gasteiger partial charge on any atom is -0.316 e. The minimum absolute atomic E-state index is 0.937. The summed E-state index contributed by atoms with van der Waals surface area (Å²) in [6, 6.07) is 2.25. The van der Waals surface area contributed by atoms with Crippen LogP contribution >= 0.6 is 11.3 Å². The van der Waals surface area contributed by atoms with Gasteiger partial charge in [0.25, 0.3) is 0 Å². The summed E-state index contributed by atoms with van der Waals surface area (Å²) in [6.45, 7) is 6.40. The van der Waals surface area contributed by atoms with Gasteiger partial charge in [0.2, 0.25) is 0 Å². The van der Waals surface area contributed by atoms with E-state index in [0.717, 1.165) is 11.8 Å². The standard InChI is InChI=1S/C12H18N2S/c1(10-2-4-15-9-10)3-14-7-11-5-13-6-12(11)8-14/h2,4,9,11-13H,1,3,5-8H2/t11-,12+. The molecule has 2 saturated heterocycles. The van der Waals surface area contributed by atoms with Gasteiger partial charge in [0.1, 0.15) is 0 Å². The Kier molecular flexibility index (Phi) is 2.77. The maximum Gasteiger partial charge on any atom is 0.00257 e. The Balaban J connectivity index is 1.49. The predicted octanol–water partition coefficient (Wildman–Crippen LogP) is 1.44. The lowest BCUT2D eigenvalue weighted by Crippen LogP contribution is -2.27. The molecule has 0 bridgehead atoms. The molecule has 2 nitrogen and oxygen atoms in total. The van der Waals surface area contributed by atoms with Crippen molar-refractivity contribution in [1.82, 2.24) is 10.2 Å². The van der Waals surface area contributed by atoms with Gasteiger partial charge in [-0.3, -0.25) is 0 Å². The first-order chi connectivity index (χ1) is 7.42. The van der Waals surface area contributed by atoms with Crippen LogP contribution in [-0.4, -0.2) is 37.6 Å². The minimum atomic E-state index is 0.937. The molecule has 0 radical (unpaired) electrons. The number of hydrogen-bond acceptors (Lipinski definition) is 3. The lowest BCUT2D eigenvalue weighted by molar-refractivity contribution is 0.317. The molecule has 0 spiro atoms. The van der Waals surface area contributed by atoms with Crippen molar-refractivity contribution in [1.29, 1.82) is 0 Å². The van der Waals surface area contributed by atoms with Gasteiger partial charge in [-0.05, 0) is 53.7 Å². The molecule has 2 fully saturated rings. The monoisotopic (exact) mass is 222 g/mol. The number of hydrogen-bond donors (Lipinski definition) is 1. The lowest BCUT2D eigenvalue weighted by atomic mass is 10.0. The smallest absolute Gasteiger partial charge is 0.00257 e. The third-order valence-corrected chi connectivity index (χ3v) is 4.49. The normalized spacial score (nSPS) is 30.9. The van der Waals surface area contributed by atoms with Gasteiger partial charge in [0.05, 0.1) is 0 Å². The first-order valence-electron chi connectivity index (χ1n) is 5.86. The molecule has 15 heavy (non-hydrogen) atoms. The zero-order valence-electron chi connectivity index (χ0n) is 8.98. The molecule has 2 aliphatic heterocycles. The highest BCUT2D eigenvalue weighted by molar-refractivity contribution is 7.07. The summed E-state index contributed by atoms with van der Waals surface area (Å²) >= 11 is 1.81. The first kappa shape index (κ1) is 9.82. The van der Waals surface area contributed by atoms with E-state index in [1.165, 1.54) is 44.7 Å². The van der Waals surface area contributed by atoms with Gasteiger partial charge in [-0.15, -0.1) is 0 Å². The molecule has 1 aromatic heterocycles. The molecular weight excluding hydrogens is 204 g/mol. The van der Waals surface area contributed by atoms with Gasteiger partial charge < -0.3 is 10.2 Å². The summed E-state index contributed by atoms with van der Waals surface area (Å²) in [6.07, 6.45) is 1.23. The average Bonchev–Trinajstić information content (AvgIpc) is 2.91. The molecule has 3 heteroatoms. The van der Waals surface area contributed by atoms with Gasteiger partial charge in [-0.25, -0.2) is 0 Å². The van der Waals surface area contributed by atoms with Gasteiger partial charge in [-0.2, -0.15) is 11.3 Å². The quantitative estimate of drug-likeness (QED) is 0.832. The Morgan fingerprint density at radius 2 is 2.13 bits per heavy atom. The highest BCUT2D eigenvalue weighted by Crippen LogP contribution is 2.26. The van der Waals surface area contributed by atoms with Crippen LogP contribution in [0, 0.1) is 11.8 Å². The topological polar surface area (TPSA) is 15.3 Å². The third-order valence-electron chi connectivity index (χ3n) is 3.76. The van der Waals surface area contributed by atoms with Gasteiger partial charge in [-0.1, -0.05) is 0 Å². The summed E-state index contributed by atoms with van der Waals surface area (Å²) in [5.41, 5.74) is 1.51. The van der Waals surface area contributed by atoms with E-state index in [9.17, 15) is 0 Å². The van der Waals surface area contributed by atoms with Gasteiger partial charge >= 0.3 is 0 Å². The summed E-state index contributed by atoms with van der Waals surface area (Å²) in [5.74, 6) is 1.87. The summed E-state index contributed by atoms with van der Waals surface area (Å²) in [4.78, 5) is 2.65. The third kappa shape index (κ3) is 2.10. The second kappa shape index (κ2) is 4.24. The van der Waals surface area contributed by atoms with Crippen LogP contribution in [0.1, 0.15) is 5.56 Å². The molecule has 3 heterocycles. The van der Waals surface area contributed by atoms with E-state index < -0.39 is 0 Å². The van der Waals surface area contributed by atoms with Crippen molar-refractivity contribution in [2.45, 2.75) is 6.42 Å². The molecule has 82 valence electrons. The van der Waals surface area contributed by atoms with E-state index in [4.69, 9.17) is 0 Å². The summed E-state index contributed by atoms with van der Waals surface area (Å²) in [5, 5.41) is 7.94. The molecule has 3 rings (SSSR count). The highest BCUT2D eigenvalue weighted by atomic mass is 32.1. The van der Waals surface area contributed by atoms with Crippen molar-refractivity contribution in [3.63, 3.8) is 0 Å². The zero-order chi connectivity index (χ0) is 10.1. The number of rotatable bonds is 3. The van der Waals surface area contributed by atoms with Crippen LogP contribution < -0.4 is 5.32 Å². The predicted molar refractivity (Wildman–Crippen MR) is 64.3 cm³/mol. The molecule has 1 N–H and O–H groups in total. The Bertz CT molecular complexity index is 297. The van der Waals surface area contributed by atoms with Crippen molar-refractivity contribution >= 4 is 11.3 Å². The maximum absolute atomic E-state index is 3.49. The van der Waals surface area contributed by atoms with Crippen molar-refractivity contribution in [2.75, 3.05) is 32.7 Å². The molecular formula is C12H18N2S. The van der Waals surface area contributed by atoms with Crippen molar-refractivity contribution in [2.24, 2.45) is 11.8 Å². The van der Waals surface area contributed by atoms with Crippen molar-refractivity contribution in [3.8, 4) is 0 Å². The molecule has 0 unspecified atom stereocenters. The number of likely N-dealkylation sites (tertiary alicyclic amines) is 1. The van der Waals surface area contributed by atoms with Gasteiger partial charge in [0, 0.05) is 19.6 Å². The van der Waals surface area contributed by atoms with Crippen molar-refractivity contribution in [3.05, 3.63) is 22.4 Å². The fourth-order valence-corrected chi connectivity index (χ4v) is 3.56. The second-order valence-corrected chi connectivity index (χ2v) is 5.60. The Labute approximate surface area is 95.3 Å². The van der Waals surface area contributed by atoms with Crippen LogP contribution in [0.4, 0.5) is 0 Å². The van der Waals surface area contributed by atoms with Gasteiger partial charge in [0.15, 0.2) is 0 Å². The van der Waals surface area contributed by atoms with Crippen molar-refractivity contribution < 1.29 is 0 Å². The number of thiophene rings is 1. The van der Waals surface area contributed by atoms with E-state index >= 15 is 0 Å². The van der Waals surface area contributed by atoms with E-state index in [1.807, 2.05) is 11.3 Å². The molecule has 1 aromatic rings. The fourth-order valence-electron chi connectivity index (χ4n) is 2.86. The maximum atomic E-state index is 3.49. The lowest BCUT2D eigenvalue weighted by Gasteiger charge is -2.16. The molecule has 0 aromatic carbocycles. The van der Waals surface area contributed by atoms with Crippen LogP contribution in [0.5, 0.6) is 0 Å². The summed E-state index contributed by atoms with van der Waals surface area (Å²) < 4.78 is 0. The largest absolute Gasteiger partial charge is 0.316 e. The zero-order valence-corrected chi connectivity index (χ0v) is 9.80. The van der Waals surface area contributed by atoms with Crippen LogP contribution in [0.15, 0.2) is 16.8 Å². The number of fused-ring (bicyclic) bond motifs is 1. The van der Waals surface area contributed by atoms with E-state index in [2.05, 4.69) is 27.0 Å². The van der Waals surface area contributed by atoms with Crippen LogP contribution in [0.2, 0.25) is 0 Å². The fraction of sp³-hybridized carbons (Fsp3) is 0.667. The highest BCUT2D eigenvalue weighted by Gasteiger charge is 2.35. The van der Waals surface area contributed by atoms with E-state index in [1.54, 1.807) is 0 Å². The first-order valence-corrected chi connectivity index (χ1v) is 6.80. The molecule has 0 saturated carbocycles. The van der Waals surface area contributed by atoms with Crippen LogP contribution in [0.25, 0.3) is 0 Å². The SMILES string of the molecule is c1cc(CCN2C[C@H]3CNC[C@H]3C2)cs1. The molecule has 0 amide bonds. The van der Waals surface area contributed by atoms with Crippen LogP contribution in [-0.2, 0) is 6.42 Å².